The smallest absolute Gasteiger partial charge is 0.323 e. The molecule has 2 atom stereocenters. The predicted molar refractivity (Wildman–Crippen MR) is 84.4 cm³/mol. The predicted octanol–water partition coefficient (Wildman–Crippen LogP) is 1.12. The molecule has 0 spiro atoms. The highest BCUT2D eigenvalue weighted by atomic mass is 16.6. The Balaban J connectivity index is 1.66. The largest absolute Gasteiger partial charge is 0.486 e. The van der Waals surface area contributed by atoms with Gasteiger partial charge in [-0.05, 0) is 30.0 Å². The third kappa shape index (κ3) is 3.62. The van der Waals surface area contributed by atoms with E-state index in [0.29, 0.717) is 25.6 Å². The van der Waals surface area contributed by atoms with Gasteiger partial charge in [0.1, 0.15) is 19.8 Å². The molecule has 0 radical (unpaired) electrons. The van der Waals surface area contributed by atoms with E-state index in [2.05, 4.69) is 0 Å². The molecule has 0 aromatic heterocycles. The number of amides is 1. The molecule has 0 unspecified atom stereocenters. The topological polar surface area (TPSA) is 85.3 Å². The minimum absolute atomic E-state index is 0.104. The van der Waals surface area contributed by atoms with Gasteiger partial charge in [0, 0.05) is 19.6 Å². The molecule has 1 fully saturated rings. The van der Waals surface area contributed by atoms with Gasteiger partial charge in [0.05, 0.1) is 6.61 Å². The van der Waals surface area contributed by atoms with Crippen LogP contribution in [0.3, 0.4) is 0 Å². The number of fused-ring (bicyclic) bond motifs is 1. The van der Waals surface area contributed by atoms with Crippen LogP contribution in [0.5, 0.6) is 11.5 Å². The number of nitrogens with zero attached hydrogens (tertiary/aromatic N) is 1. The molecule has 1 aromatic carbocycles. The van der Waals surface area contributed by atoms with E-state index in [4.69, 9.17) is 19.3 Å². The van der Waals surface area contributed by atoms with Crippen LogP contribution < -0.4 is 9.47 Å². The minimum Gasteiger partial charge on any atom is -0.486 e. The number of hydrogen-bond donors (Lipinski definition) is 1. The van der Waals surface area contributed by atoms with Crippen molar-refractivity contribution in [3.63, 3.8) is 0 Å². The first-order valence-electron chi connectivity index (χ1n) is 7.99. The van der Waals surface area contributed by atoms with Crippen molar-refractivity contribution in [1.82, 2.24) is 4.90 Å². The van der Waals surface area contributed by atoms with Gasteiger partial charge in [-0.25, -0.2) is 0 Å². The van der Waals surface area contributed by atoms with Crippen LogP contribution in [-0.2, 0) is 14.3 Å². The molecule has 1 aromatic rings. The highest BCUT2D eigenvalue weighted by Crippen LogP contribution is 2.50. The molecule has 130 valence electrons. The first-order chi connectivity index (χ1) is 11.6. The molecule has 7 heteroatoms. The fourth-order valence-electron chi connectivity index (χ4n) is 2.99. The molecule has 1 N–H and O–H groups in total. The van der Waals surface area contributed by atoms with Gasteiger partial charge in [-0.1, -0.05) is 6.07 Å². The molecule has 1 amide bonds. The van der Waals surface area contributed by atoms with Gasteiger partial charge in [-0.3, -0.25) is 9.59 Å². The Bertz CT molecular complexity index is 632. The maximum Gasteiger partial charge on any atom is 0.323 e. The SMILES string of the molecule is COCCN(CC(=O)O)C(=O)[C@@H]1C[C@@H]1c1ccc2c(c1)OCCO2. The molecule has 1 heterocycles. The summed E-state index contributed by atoms with van der Waals surface area (Å²) in [6.45, 7) is 1.37. The summed E-state index contributed by atoms with van der Waals surface area (Å²) in [7, 11) is 1.53. The average molecular weight is 335 g/mol. The number of carboxylic acids is 1. The summed E-state index contributed by atoms with van der Waals surface area (Å²) in [6.07, 6.45) is 0.724. The Labute approximate surface area is 140 Å². The van der Waals surface area contributed by atoms with E-state index in [1.54, 1.807) is 0 Å². The quantitative estimate of drug-likeness (QED) is 0.804. The zero-order valence-electron chi connectivity index (χ0n) is 13.6. The van der Waals surface area contributed by atoms with Crippen molar-refractivity contribution in [2.75, 3.05) is 40.0 Å². The van der Waals surface area contributed by atoms with E-state index in [1.807, 2.05) is 18.2 Å². The van der Waals surface area contributed by atoms with Crippen LogP contribution in [0.15, 0.2) is 18.2 Å². The molecule has 7 nitrogen and oxygen atoms in total. The molecule has 1 saturated carbocycles. The van der Waals surface area contributed by atoms with Crippen LogP contribution in [0.4, 0.5) is 0 Å². The third-order valence-corrected chi connectivity index (χ3v) is 4.31. The van der Waals surface area contributed by atoms with Crippen molar-refractivity contribution in [2.24, 2.45) is 5.92 Å². The Hall–Kier alpha value is -2.28. The van der Waals surface area contributed by atoms with E-state index in [1.165, 1.54) is 12.0 Å². The van der Waals surface area contributed by atoms with Crippen molar-refractivity contribution in [1.29, 1.82) is 0 Å². The zero-order valence-corrected chi connectivity index (χ0v) is 13.6. The maximum absolute atomic E-state index is 12.6. The first kappa shape index (κ1) is 16.6. The van der Waals surface area contributed by atoms with Crippen LogP contribution in [0.1, 0.15) is 17.9 Å². The number of carbonyl (C=O) groups excluding carboxylic acids is 1. The molecule has 1 aliphatic heterocycles. The summed E-state index contributed by atoms with van der Waals surface area (Å²) in [5.41, 5.74) is 1.03. The Morgan fingerprint density at radius 2 is 2.04 bits per heavy atom. The maximum atomic E-state index is 12.6. The zero-order chi connectivity index (χ0) is 17.1. The lowest BCUT2D eigenvalue weighted by molar-refractivity contribution is -0.145. The molecule has 0 bridgehead atoms. The van der Waals surface area contributed by atoms with Crippen LogP contribution in [0.2, 0.25) is 0 Å². The van der Waals surface area contributed by atoms with Gasteiger partial charge in [0.2, 0.25) is 5.91 Å². The summed E-state index contributed by atoms with van der Waals surface area (Å²) in [6, 6.07) is 5.73. The Morgan fingerprint density at radius 3 is 2.75 bits per heavy atom. The standard InChI is InChI=1S/C17H21NO6/c1-22-5-4-18(10-16(19)20)17(21)13-9-12(13)11-2-3-14-15(8-11)24-7-6-23-14/h2-3,8,12-13H,4-7,9-10H2,1H3,(H,19,20)/t12-,13-/m1/s1. The summed E-state index contributed by atoms with van der Waals surface area (Å²) in [5.74, 6) is 0.209. The number of methoxy groups -OCH3 is 1. The van der Waals surface area contributed by atoms with Crippen molar-refractivity contribution in [3.05, 3.63) is 23.8 Å². The summed E-state index contributed by atoms with van der Waals surface area (Å²) < 4.78 is 16.0. The Kier molecular flexibility index (Phi) is 4.89. The van der Waals surface area contributed by atoms with Gasteiger partial charge in [0.15, 0.2) is 11.5 Å². The van der Waals surface area contributed by atoms with E-state index in [9.17, 15) is 9.59 Å². The molecule has 24 heavy (non-hydrogen) atoms. The lowest BCUT2D eigenvalue weighted by Crippen LogP contribution is -2.39. The van der Waals surface area contributed by atoms with Crippen molar-refractivity contribution in [2.45, 2.75) is 12.3 Å². The van der Waals surface area contributed by atoms with Crippen LogP contribution in [-0.4, -0.2) is 61.9 Å². The number of aliphatic carboxylic acids is 1. The summed E-state index contributed by atoms with van der Waals surface area (Å²) in [4.78, 5) is 24.9. The molecule has 0 saturated heterocycles. The van der Waals surface area contributed by atoms with Gasteiger partial charge in [-0.2, -0.15) is 0 Å². The molecule has 3 rings (SSSR count). The number of ether oxygens (including phenoxy) is 3. The van der Waals surface area contributed by atoms with Crippen LogP contribution in [0.25, 0.3) is 0 Å². The summed E-state index contributed by atoms with van der Waals surface area (Å²) in [5, 5.41) is 8.98. The van der Waals surface area contributed by atoms with E-state index >= 15 is 0 Å². The lowest BCUT2D eigenvalue weighted by atomic mass is 10.1. The number of hydrogen-bond acceptors (Lipinski definition) is 5. The van der Waals surface area contributed by atoms with Gasteiger partial charge in [-0.15, -0.1) is 0 Å². The number of carbonyl (C=O) groups is 2. The average Bonchev–Trinajstić information content (AvgIpc) is 3.38. The van der Waals surface area contributed by atoms with Gasteiger partial charge < -0.3 is 24.2 Å². The van der Waals surface area contributed by atoms with Crippen LogP contribution in [0, 0.1) is 5.92 Å². The van der Waals surface area contributed by atoms with Crippen molar-refractivity contribution >= 4 is 11.9 Å². The van der Waals surface area contributed by atoms with Crippen LogP contribution >= 0.6 is 0 Å². The normalized spacial score (nSPS) is 21.2. The lowest BCUT2D eigenvalue weighted by Gasteiger charge is -2.21. The minimum atomic E-state index is -1.02. The van der Waals surface area contributed by atoms with E-state index in [0.717, 1.165) is 17.7 Å². The van der Waals surface area contributed by atoms with E-state index < -0.39 is 5.97 Å². The summed E-state index contributed by atoms with van der Waals surface area (Å²) >= 11 is 0. The Morgan fingerprint density at radius 1 is 1.29 bits per heavy atom. The first-order valence-corrected chi connectivity index (χ1v) is 7.99. The third-order valence-electron chi connectivity index (χ3n) is 4.31. The fraction of sp³-hybridized carbons (Fsp3) is 0.529. The van der Waals surface area contributed by atoms with Gasteiger partial charge in [0.25, 0.3) is 0 Å². The monoisotopic (exact) mass is 335 g/mol. The number of carboxylic acid groups (broad SMARTS) is 1. The van der Waals surface area contributed by atoms with Crippen molar-refractivity contribution < 1.29 is 28.9 Å². The number of rotatable bonds is 7. The molecule has 2 aliphatic rings. The fourth-order valence-corrected chi connectivity index (χ4v) is 2.99. The van der Waals surface area contributed by atoms with E-state index in [-0.39, 0.29) is 30.8 Å². The van der Waals surface area contributed by atoms with Crippen molar-refractivity contribution in [3.8, 4) is 11.5 Å². The molecular formula is C17H21NO6. The second-order valence-corrected chi connectivity index (χ2v) is 6.00. The number of benzene rings is 1. The molecular weight excluding hydrogens is 314 g/mol. The van der Waals surface area contributed by atoms with Gasteiger partial charge >= 0.3 is 5.97 Å². The molecule has 1 aliphatic carbocycles. The second-order valence-electron chi connectivity index (χ2n) is 6.00. The highest BCUT2D eigenvalue weighted by Gasteiger charge is 2.46. The second kappa shape index (κ2) is 7.09. The highest BCUT2D eigenvalue weighted by molar-refractivity contribution is 5.86.